The minimum Gasteiger partial charge on any atom is -0.0891 e. The molecule has 1 aliphatic carbocycles. The first-order chi connectivity index (χ1) is 3.88. The second-order valence-electron chi connectivity index (χ2n) is 4.11. The molecule has 0 aromatic heterocycles. The predicted octanol–water partition coefficient (Wildman–Crippen LogP) is 2.81. The molecule has 0 aromatic carbocycles. The molecule has 0 spiro atoms. The molecule has 9 heavy (non-hydrogen) atoms. The van der Waals surface area contributed by atoms with Gasteiger partial charge in [-0.1, -0.05) is 39.9 Å². The Hall–Kier alpha value is 0.0900. The van der Waals surface area contributed by atoms with Crippen molar-refractivity contribution in [2.75, 3.05) is 0 Å². The molecular weight excluding hydrogens is 128 g/mol. The van der Waals surface area contributed by atoms with Gasteiger partial charge < -0.3 is 0 Å². The van der Waals surface area contributed by atoms with E-state index < -0.39 is 0 Å². The zero-order valence-electron chi connectivity index (χ0n) is 6.62. The first kappa shape index (κ1) is 7.20. The second kappa shape index (κ2) is 1.57. The fourth-order valence-electron chi connectivity index (χ4n) is 1.11. The van der Waals surface area contributed by atoms with Crippen LogP contribution in [0.3, 0.4) is 0 Å². The number of thiocarbonyl (C=S) groups is 1. The molecule has 0 atom stereocenters. The first-order valence-corrected chi connectivity index (χ1v) is 3.82. The van der Waals surface area contributed by atoms with Crippen molar-refractivity contribution in [3.8, 4) is 0 Å². The lowest BCUT2D eigenvalue weighted by atomic mass is 9.53. The van der Waals surface area contributed by atoms with Crippen molar-refractivity contribution in [3.05, 3.63) is 0 Å². The molecule has 0 nitrogen and oxygen atoms in total. The summed E-state index contributed by atoms with van der Waals surface area (Å²) in [5.74, 6) is 0. The summed E-state index contributed by atoms with van der Waals surface area (Å²) in [6.45, 7) is 9.03. The molecule has 0 bridgehead atoms. The smallest absolute Gasteiger partial charge is 0.00147 e. The highest BCUT2D eigenvalue weighted by Crippen LogP contribution is 2.53. The Morgan fingerprint density at radius 2 is 1.67 bits per heavy atom. The minimum absolute atomic E-state index is 0.308. The number of rotatable bonds is 0. The standard InChI is InChI=1S/C8H14S/c1-7(2)5-6(9)8(7,3)4/h5H2,1-4H3. The number of hydrogen-bond donors (Lipinski definition) is 0. The van der Waals surface area contributed by atoms with E-state index in [1.54, 1.807) is 0 Å². The average Bonchev–Trinajstić information content (AvgIpc) is 1.65. The van der Waals surface area contributed by atoms with E-state index in [2.05, 4.69) is 27.7 Å². The van der Waals surface area contributed by atoms with Crippen molar-refractivity contribution in [1.29, 1.82) is 0 Å². The summed E-state index contributed by atoms with van der Waals surface area (Å²) >= 11 is 5.17. The van der Waals surface area contributed by atoms with Gasteiger partial charge in [0.2, 0.25) is 0 Å². The highest BCUT2D eigenvalue weighted by Gasteiger charge is 2.49. The molecule has 0 unspecified atom stereocenters. The largest absolute Gasteiger partial charge is 0.0891 e. The molecule has 0 N–H and O–H groups in total. The Morgan fingerprint density at radius 1 is 1.22 bits per heavy atom. The molecule has 0 heterocycles. The lowest BCUT2D eigenvalue weighted by Crippen LogP contribution is -2.50. The van der Waals surface area contributed by atoms with Gasteiger partial charge in [-0.05, 0) is 16.7 Å². The molecular formula is C8H14S. The van der Waals surface area contributed by atoms with Crippen molar-refractivity contribution in [1.82, 2.24) is 0 Å². The van der Waals surface area contributed by atoms with Crippen LogP contribution < -0.4 is 0 Å². The zero-order chi connectivity index (χ0) is 7.28. The second-order valence-corrected chi connectivity index (χ2v) is 4.60. The molecule has 1 saturated carbocycles. The molecule has 0 amide bonds. The fourth-order valence-corrected chi connectivity index (χ4v) is 1.75. The van der Waals surface area contributed by atoms with Crippen LogP contribution >= 0.6 is 12.2 Å². The van der Waals surface area contributed by atoms with Gasteiger partial charge in [-0.3, -0.25) is 0 Å². The van der Waals surface area contributed by atoms with Crippen LogP contribution in [0.15, 0.2) is 0 Å². The van der Waals surface area contributed by atoms with Crippen LogP contribution in [0, 0.1) is 10.8 Å². The molecule has 1 fully saturated rings. The molecule has 0 aromatic rings. The topological polar surface area (TPSA) is 0 Å². The Morgan fingerprint density at radius 3 is 1.67 bits per heavy atom. The van der Waals surface area contributed by atoms with Gasteiger partial charge in [-0.15, -0.1) is 0 Å². The van der Waals surface area contributed by atoms with E-state index in [9.17, 15) is 0 Å². The highest BCUT2D eigenvalue weighted by atomic mass is 32.1. The molecule has 1 aliphatic rings. The molecule has 0 radical (unpaired) electrons. The van der Waals surface area contributed by atoms with Gasteiger partial charge in [-0.2, -0.15) is 0 Å². The van der Waals surface area contributed by atoms with Crippen LogP contribution in [-0.2, 0) is 0 Å². The maximum absolute atomic E-state index is 5.17. The van der Waals surface area contributed by atoms with Crippen LogP contribution in [0.2, 0.25) is 0 Å². The summed E-state index contributed by atoms with van der Waals surface area (Å²) in [4.78, 5) is 1.24. The van der Waals surface area contributed by atoms with E-state index in [0.29, 0.717) is 10.8 Å². The molecule has 52 valence electrons. The van der Waals surface area contributed by atoms with Gasteiger partial charge in [0.05, 0.1) is 0 Å². The predicted molar refractivity (Wildman–Crippen MR) is 44.8 cm³/mol. The Labute approximate surface area is 62.6 Å². The van der Waals surface area contributed by atoms with Crippen LogP contribution in [-0.4, -0.2) is 4.86 Å². The van der Waals surface area contributed by atoms with Crippen molar-refractivity contribution in [2.24, 2.45) is 10.8 Å². The van der Waals surface area contributed by atoms with Gasteiger partial charge in [0, 0.05) is 5.41 Å². The Bertz CT molecular complexity index is 154. The van der Waals surface area contributed by atoms with E-state index in [4.69, 9.17) is 12.2 Å². The summed E-state index contributed by atoms with van der Waals surface area (Å²) in [5.41, 5.74) is 0.756. The Kier molecular flexibility index (Phi) is 1.26. The van der Waals surface area contributed by atoms with E-state index in [1.807, 2.05) is 0 Å². The summed E-state index contributed by atoms with van der Waals surface area (Å²) in [7, 11) is 0. The minimum atomic E-state index is 0.308. The molecule has 0 aliphatic heterocycles. The van der Waals surface area contributed by atoms with Crippen molar-refractivity contribution in [2.45, 2.75) is 34.1 Å². The van der Waals surface area contributed by atoms with E-state index in [-0.39, 0.29) is 0 Å². The van der Waals surface area contributed by atoms with E-state index in [0.717, 1.165) is 6.42 Å². The summed E-state index contributed by atoms with van der Waals surface area (Å²) in [5, 5.41) is 0. The van der Waals surface area contributed by atoms with Crippen molar-refractivity contribution < 1.29 is 0 Å². The average molecular weight is 142 g/mol. The SMILES string of the molecule is CC1(C)CC(=S)C1(C)C. The lowest BCUT2D eigenvalue weighted by Gasteiger charge is -2.53. The van der Waals surface area contributed by atoms with Crippen molar-refractivity contribution >= 4 is 17.1 Å². The van der Waals surface area contributed by atoms with Gasteiger partial charge in [0.1, 0.15) is 0 Å². The first-order valence-electron chi connectivity index (χ1n) is 3.41. The fraction of sp³-hybridized carbons (Fsp3) is 0.875. The highest BCUT2D eigenvalue weighted by molar-refractivity contribution is 7.80. The maximum atomic E-state index is 5.17. The summed E-state index contributed by atoms with van der Waals surface area (Å²) in [6, 6.07) is 0. The maximum Gasteiger partial charge on any atom is 0.00147 e. The van der Waals surface area contributed by atoms with Gasteiger partial charge in [0.25, 0.3) is 0 Å². The summed E-state index contributed by atoms with van der Waals surface area (Å²) < 4.78 is 0. The van der Waals surface area contributed by atoms with Crippen LogP contribution in [0.5, 0.6) is 0 Å². The third-order valence-electron chi connectivity index (χ3n) is 2.99. The van der Waals surface area contributed by atoms with Crippen molar-refractivity contribution in [3.63, 3.8) is 0 Å². The van der Waals surface area contributed by atoms with Gasteiger partial charge >= 0.3 is 0 Å². The molecule has 1 rings (SSSR count). The van der Waals surface area contributed by atoms with Crippen LogP contribution in [0.1, 0.15) is 34.1 Å². The van der Waals surface area contributed by atoms with Crippen LogP contribution in [0.25, 0.3) is 0 Å². The van der Waals surface area contributed by atoms with Gasteiger partial charge in [-0.25, -0.2) is 0 Å². The Balaban J connectivity index is 2.82. The normalized spacial score (nSPS) is 29.6. The third-order valence-corrected chi connectivity index (χ3v) is 3.65. The lowest BCUT2D eigenvalue weighted by molar-refractivity contribution is 0.140. The molecule has 1 heteroatoms. The monoisotopic (exact) mass is 142 g/mol. The number of hydrogen-bond acceptors (Lipinski definition) is 1. The quantitative estimate of drug-likeness (QED) is 0.469. The van der Waals surface area contributed by atoms with E-state index >= 15 is 0 Å². The third kappa shape index (κ3) is 0.743. The van der Waals surface area contributed by atoms with Gasteiger partial charge in [0.15, 0.2) is 0 Å². The van der Waals surface area contributed by atoms with E-state index in [1.165, 1.54) is 4.86 Å². The van der Waals surface area contributed by atoms with Crippen LogP contribution in [0.4, 0.5) is 0 Å². The molecule has 0 saturated heterocycles. The summed E-state index contributed by atoms with van der Waals surface area (Å²) in [6.07, 6.45) is 1.13. The zero-order valence-corrected chi connectivity index (χ0v) is 7.43.